The molecule has 0 fully saturated rings. The molecule has 10 aromatic carbocycles. The molecule has 13 aromatic rings. The van der Waals surface area contributed by atoms with Crippen LogP contribution in [-0.2, 0) is 0 Å². The van der Waals surface area contributed by atoms with E-state index in [1.807, 2.05) is 18.2 Å². The molecule has 0 radical (unpaired) electrons. The van der Waals surface area contributed by atoms with Crippen LogP contribution < -0.4 is 0 Å². The van der Waals surface area contributed by atoms with Crippen molar-refractivity contribution in [1.29, 1.82) is 0 Å². The summed E-state index contributed by atoms with van der Waals surface area (Å²) in [7, 11) is 0. The molecule has 0 aliphatic heterocycles. The van der Waals surface area contributed by atoms with Gasteiger partial charge in [0.1, 0.15) is 11.2 Å². The van der Waals surface area contributed by atoms with E-state index >= 15 is 0 Å². The van der Waals surface area contributed by atoms with Gasteiger partial charge in [-0.05, 0) is 68.0 Å². The third-order valence-electron chi connectivity index (χ3n) is 12.2. The van der Waals surface area contributed by atoms with Gasteiger partial charge in [-0.1, -0.05) is 158 Å². The van der Waals surface area contributed by atoms with Crippen LogP contribution in [0, 0.1) is 0 Å². The van der Waals surface area contributed by atoms with Crippen LogP contribution in [0.1, 0.15) is 0 Å². The molecular formula is C55H32N4O. The first-order valence-corrected chi connectivity index (χ1v) is 20.3. The van der Waals surface area contributed by atoms with Crippen LogP contribution in [0.4, 0.5) is 0 Å². The first kappa shape index (κ1) is 32.9. The molecule has 60 heavy (non-hydrogen) atoms. The van der Waals surface area contributed by atoms with Gasteiger partial charge < -0.3 is 8.98 Å². The number of hydrogen-bond donors (Lipinski definition) is 0. The van der Waals surface area contributed by atoms with Crippen LogP contribution >= 0.6 is 0 Å². The summed E-state index contributed by atoms with van der Waals surface area (Å²) in [6.07, 6.45) is 0. The fraction of sp³-hybridized carbons (Fsp3) is 0. The average Bonchev–Trinajstić information content (AvgIpc) is 3.84. The zero-order valence-electron chi connectivity index (χ0n) is 32.2. The molecule has 3 heterocycles. The first-order chi connectivity index (χ1) is 29.7. The molecule has 0 N–H and O–H groups in total. The zero-order chi connectivity index (χ0) is 39.3. The van der Waals surface area contributed by atoms with Crippen LogP contribution in [-0.4, -0.2) is 19.5 Å². The van der Waals surface area contributed by atoms with Gasteiger partial charge in [-0.25, -0.2) is 15.0 Å². The topological polar surface area (TPSA) is 56.7 Å². The lowest BCUT2D eigenvalue weighted by Crippen LogP contribution is -2.01. The Kier molecular flexibility index (Phi) is 6.95. The van der Waals surface area contributed by atoms with Crippen LogP contribution in [0.2, 0.25) is 0 Å². The van der Waals surface area contributed by atoms with Crippen molar-refractivity contribution in [3.63, 3.8) is 0 Å². The minimum absolute atomic E-state index is 0.598. The van der Waals surface area contributed by atoms with Crippen LogP contribution in [0.3, 0.4) is 0 Å². The van der Waals surface area contributed by atoms with Crippen molar-refractivity contribution < 1.29 is 4.42 Å². The largest absolute Gasteiger partial charge is 0.456 e. The third-order valence-corrected chi connectivity index (χ3v) is 12.2. The number of aromatic nitrogens is 4. The Hall–Kier alpha value is -8.15. The monoisotopic (exact) mass is 764 g/mol. The van der Waals surface area contributed by atoms with E-state index in [9.17, 15) is 0 Å². The summed E-state index contributed by atoms with van der Waals surface area (Å²) in [6.45, 7) is 0. The van der Waals surface area contributed by atoms with E-state index in [4.69, 9.17) is 19.4 Å². The smallest absolute Gasteiger partial charge is 0.165 e. The van der Waals surface area contributed by atoms with Crippen molar-refractivity contribution in [1.82, 2.24) is 19.5 Å². The van der Waals surface area contributed by atoms with Crippen molar-refractivity contribution in [3.05, 3.63) is 194 Å². The first-order valence-electron chi connectivity index (χ1n) is 20.3. The predicted octanol–water partition coefficient (Wildman–Crippen LogP) is 14.5. The zero-order valence-corrected chi connectivity index (χ0v) is 32.2. The number of fused-ring (bicyclic) bond motifs is 11. The van der Waals surface area contributed by atoms with E-state index in [0.717, 1.165) is 71.4 Å². The van der Waals surface area contributed by atoms with Gasteiger partial charge in [0.25, 0.3) is 0 Å². The highest BCUT2D eigenvalue weighted by molar-refractivity contribution is 6.22. The average molecular weight is 765 g/mol. The maximum atomic E-state index is 6.95. The van der Waals surface area contributed by atoms with Crippen molar-refractivity contribution in [2.24, 2.45) is 0 Å². The number of furan rings is 1. The van der Waals surface area contributed by atoms with E-state index in [-0.39, 0.29) is 0 Å². The van der Waals surface area contributed by atoms with Crippen LogP contribution in [0.15, 0.2) is 199 Å². The minimum atomic E-state index is 0.598. The Labute approximate surface area is 343 Å². The number of nitrogens with zero attached hydrogens (tertiary/aromatic N) is 4. The fourth-order valence-electron chi connectivity index (χ4n) is 9.44. The Morgan fingerprint density at radius 3 is 1.83 bits per heavy atom. The molecule has 0 saturated carbocycles. The summed E-state index contributed by atoms with van der Waals surface area (Å²) in [6, 6.07) is 68.6. The third kappa shape index (κ3) is 4.90. The summed E-state index contributed by atoms with van der Waals surface area (Å²) in [5.74, 6) is 1.84. The standard InChI is InChI=1S/C55H32N4O/c1-2-15-35(16-3-1)53-56-54(44-24-12-20-33-13-6-9-21-40(33)44)58-55(57-53)51-41-22-10-8-19-38(41)31-49-50(51)45-28-26-39(32-48(45)60-49)59-47-30-37-18-5-4-17-36(37)29-46(47)43-27-25-34-14-7-11-23-42(34)52(43)59/h1-32H. The van der Waals surface area contributed by atoms with E-state index in [0.29, 0.717) is 17.5 Å². The van der Waals surface area contributed by atoms with Crippen molar-refractivity contribution >= 4 is 86.8 Å². The summed E-state index contributed by atoms with van der Waals surface area (Å²) in [5.41, 5.74) is 7.74. The summed E-state index contributed by atoms with van der Waals surface area (Å²) < 4.78 is 9.36. The summed E-state index contributed by atoms with van der Waals surface area (Å²) in [4.78, 5) is 15.8. The molecular weight excluding hydrogens is 733 g/mol. The highest BCUT2D eigenvalue weighted by Gasteiger charge is 2.23. The molecule has 0 aliphatic carbocycles. The molecule has 0 atom stereocenters. The number of benzene rings is 10. The maximum Gasteiger partial charge on any atom is 0.165 e. The lowest BCUT2D eigenvalue weighted by Gasteiger charge is -2.13. The van der Waals surface area contributed by atoms with E-state index in [1.165, 1.54) is 37.8 Å². The number of hydrogen-bond acceptors (Lipinski definition) is 4. The van der Waals surface area contributed by atoms with Crippen molar-refractivity contribution in [2.45, 2.75) is 0 Å². The van der Waals surface area contributed by atoms with Gasteiger partial charge >= 0.3 is 0 Å². The van der Waals surface area contributed by atoms with Gasteiger partial charge in [0, 0.05) is 55.4 Å². The Morgan fingerprint density at radius 2 is 1.00 bits per heavy atom. The van der Waals surface area contributed by atoms with Gasteiger partial charge in [0.05, 0.1) is 11.0 Å². The van der Waals surface area contributed by atoms with Crippen molar-refractivity contribution in [3.8, 4) is 39.9 Å². The van der Waals surface area contributed by atoms with Crippen LogP contribution in [0.25, 0.3) is 127 Å². The van der Waals surface area contributed by atoms with Crippen LogP contribution in [0.5, 0.6) is 0 Å². The fourth-order valence-corrected chi connectivity index (χ4v) is 9.44. The molecule has 0 aliphatic rings. The van der Waals surface area contributed by atoms with Crippen molar-refractivity contribution in [2.75, 3.05) is 0 Å². The van der Waals surface area contributed by atoms with E-state index < -0.39 is 0 Å². The highest BCUT2D eigenvalue weighted by atomic mass is 16.3. The van der Waals surface area contributed by atoms with E-state index in [1.54, 1.807) is 0 Å². The molecule has 3 aromatic heterocycles. The van der Waals surface area contributed by atoms with E-state index in [2.05, 4.69) is 180 Å². The molecule has 0 spiro atoms. The molecule has 0 unspecified atom stereocenters. The molecule has 0 amide bonds. The molecule has 0 saturated heterocycles. The summed E-state index contributed by atoms with van der Waals surface area (Å²) >= 11 is 0. The quantitative estimate of drug-likeness (QED) is 0.179. The maximum absolute atomic E-state index is 6.95. The molecule has 278 valence electrons. The molecule has 5 heteroatoms. The van der Waals surface area contributed by atoms with Gasteiger partial charge in [-0.3, -0.25) is 0 Å². The molecule has 5 nitrogen and oxygen atoms in total. The second-order valence-electron chi connectivity index (χ2n) is 15.6. The second kappa shape index (κ2) is 12.7. The molecule has 0 bridgehead atoms. The second-order valence-corrected chi connectivity index (χ2v) is 15.6. The minimum Gasteiger partial charge on any atom is -0.456 e. The lowest BCUT2D eigenvalue weighted by molar-refractivity contribution is 0.669. The normalized spacial score (nSPS) is 12.0. The number of rotatable bonds is 4. The Morgan fingerprint density at radius 1 is 0.367 bits per heavy atom. The Balaban J connectivity index is 1.10. The summed E-state index contributed by atoms with van der Waals surface area (Å²) in [5, 5.41) is 13.6. The van der Waals surface area contributed by atoms with Gasteiger partial charge in [-0.2, -0.15) is 0 Å². The van der Waals surface area contributed by atoms with Gasteiger partial charge in [0.2, 0.25) is 0 Å². The lowest BCUT2D eigenvalue weighted by atomic mass is 9.97. The molecule has 13 rings (SSSR count). The highest BCUT2D eigenvalue weighted by Crippen LogP contribution is 2.44. The van der Waals surface area contributed by atoms with Gasteiger partial charge in [0.15, 0.2) is 17.5 Å². The SMILES string of the molecule is c1ccc(-c2nc(-c3cccc4ccccc34)nc(-c3c4ccccc4cc4oc5cc(-n6c7cc8ccccc8cc7c7ccc8ccccc8c76)ccc5c34)n2)cc1. The Bertz CT molecular complexity index is 3890. The predicted molar refractivity (Wildman–Crippen MR) is 248 cm³/mol. The van der Waals surface area contributed by atoms with Gasteiger partial charge in [-0.15, -0.1) is 0 Å².